The van der Waals surface area contributed by atoms with Crippen molar-refractivity contribution in [3.8, 4) is 0 Å². The second-order valence-electron chi connectivity index (χ2n) is 7.41. The Morgan fingerprint density at radius 2 is 2.10 bits per heavy atom. The Kier molecular flexibility index (Phi) is 3.76. The molecule has 1 aromatic carbocycles. The average molecular weight is 273 g/mol. The molecule has 20 heavy (non-hydrogen) atoms. The van der Waals surface area contributed by atoms with Gasteiger partial charge >= 0.3 is 0 Å². The summed E-state index contributed by atoms with van der Waals surface area (Å²) in [6.45, 7) is 6.84. The Labute approximate surface area is 122 Å². The van der Waals surface area contributed by atoms with E-state index in [4.69, 9.17) is 0 Å². The number of anilines is 1. The highest BCUT2D eigenvalue weighted by Crippen LogP contribution is 2.40. The predicted molar refractivity (Wildman–Crippen MR) is 84.1 cm³/mol. The lowest BCUT2D eigenvalue weighted by Crippen LogP contribution is -2.42. The maximum Gasteiger partial charge on any atom is 0.0585 e. The molecule has 0 bridgehead atoms. The van der Waals surface area contributed by atoms with E-state index in [2.05, 4.69) is 43.0 Å². The van der Waals surface area contributed by atoms with Gasteiger partial charge in [-0.2, -0.15) is 0 Å². The van der Waals surface area contributed by atoms with Crippen LogP contribution in [0.25, 0.3) is 0 Å². The molecule has 0 spiro atoms. The van der Waals surface area contributed by atoms with E-state index in [-0.39, 0.29) is 6.10 Å². The third kappa shape index (κ3) is 2.85. The highest BCUT2D eigenvalue weighted by molar-refractivity contribution is 5.55. The molecule has 0 amide bonds. The fourth-order valence-corrected chi connectivity index (χ4v) is 3.99. The standard InChI is InChI=1S/C18H27NO/c1-18(2)10-9-17(20)15(12-18)13-19-11-5-7-14-6-3-4-8-16(14)19/h3-4,6,8,15,17,20H,5,7,9-13H2,1-2H3. The summed E-state index contributed by atoms with van der Waals surface area (Å²) in [7, 11) is 0. The van der Waals surface area contributed by atoms with Crippen molar-refractivity contribution < 1.29 is 5.11 Å². The molecule has 1 saturated carbocycles. The van der Waals surface area contributed by atoms with Gasteiger partial charge in [0.15, 0.2) is 0 Å². The van der Waals surface area contributed by atoms with Crippen LogP contribution >= 0.6 is 0 Å². The van der Waals surface area contributed by atoms with Crippen LogP contribution in [0.1, 0.15) is 45.1 Å². The summed E-state index contributed by atoms with van der Waals surface area (Å²) in [4.78, 5) is 2.51. The SMILES string of the molecule is CC1(C)CCC(O)C(CN2CCCc3ccccc32)C1. The van der Waals surface area contributed by atoms with E-state index >= 15 is 0 Å². The Morgan fingerprint density at radius 1 is 1.30 bits per heavy atom. The molecule has 0 radical (unpaired) electrons. The van der Waals surface area contributed by atoms with E-state index in [0.717, 1.165) is 32.4 Å². The highest BCUT2D eigenvalue weighted by atomic mass is 16.3. The van der Waals surface area contributed by atoms with Gasteiger partial charge in [-0.15, -0.1) is 0 Å². The lowest BCUT2D eigenvalue weighted by molar-refractivity contribution is 0.0248. The Morgan fingerprint density at radius 3 is 2.95 bits per heavy atom. The van der Waals surface area contributed by atoms with Gasteiger partial charge in [0.05, 0.1) is 6.10 Å². The number of aliphatic hydroxyl groups excluding tert-OH is 1. The molecule has 1 heterocycles. The maximum absolute atomic E-state index is 10.4. The van der Waals surface area contributed by atoms with Crippen LogP contribution in [0.3, 0.4) is 0 Å². The zero-order valence-corrected chi connectivity index (χ0v) is 12.8. The normalized spacial score (nSPS) is 29.1. The molecule has 2 nitrogen and oxygen atoms in total. The zero-order chi connectivity index (χ0) is 14.2. The van der Waals surface area contributed by atoms with Crippen LogP contribution in [0.5, 0.6) is 0 Å². The third-order valence-corrected chi connectivity index (χ3v) is 5.14. The van der Waals surface area contributed by atoms with Crippen molar-refractivity contribution in [1.82, 2.24) is 0 Å². The minimum Gasteiger partial charge on any atom is -0.393 e. The van der Waals surface area contributed by atoms with Crippen LogP contribution in [-0.4, -0.2) is 24.3 Å². The van der Waals surface area contributed by atoms with Crippen LogP contribution in [0.2, 0.25) is 0 Å². The Bertz CT molecular complexity index is 468. The first-order chi connectivity index (χ1) is 9.55. The van der Waals surface area contributed by atoms with Crippen molar-refractivity contribution in [1.29, 1.82) is 0 Å². The predicted octanol–water partition coefficient (Wildman–Crippen LogP) is 3.63. The van der Waals surface area contributed by atoms with Gasteiger partial charge in [0.25, 0.3) is 0 Å². The molecule has 110 valence electrons. The lowest BCUT2D eigenvalue weighted by Gasteiger charge is -2.42. The zero-order valence-electron chi connectivity index (χ0n) is 12.8. The topological polar surface area (TPSA) is 23.5 Å². The van der Waals surface area contributed by atoms with Crippen molar-refractivity contribution in [3.63, 3.8) is 0 Å². The van der Waals surface area contributed by atoms with Crippen LogP contribution in [0.15, 0.2) is 24.3 Å². The number of aryl methyl sites for hydroxylation is 1. The number of para-hydroxylation sites is 1. The summed E-state index contributed by atoms with van der Waals surface area (Å²) in [5, 5.41) is 10.4. The van der Waals surface area contributed by atoms with Gasteiger partial charge in [0.2, 0.25) is 0 Å². The molecule has 1 aromatic rings. The smallest absolute Gasteiger partial charge is 0.0585 e. The quantitative estimate of drug-likeness (QED) is 0.889. The molecule has 1 aliphatic carbocycles. The number of rotatable bonds is 2. The number of fused-ring (bicyclic) bond motifs is 1. The van der Waals surface area contributed by atoms with Gasteiger partial charge in [-0.1, -0.05) is 32.0 Å². The molecule has 2 atom stereocenters. The number of aliphatic hydroxyl groups is 1. The number of hydrogen-bond donors (Lipinski definition) is 1. The van der Waals surface area contributed by atoms with Crippen molar-refractivity contribution in [3.05, 3.63) is 29.8 Å². The number of benzene rings is 1. The molecule has 2 unspecified atom stereocenters. The second-order valence-corrected chi connectivity index (χ2v) is 7.41. The minimum absolute atomic E-state index is 0.114. The summed E-state index contributed by atoms with van der Waals surface area (Å²) in [5.41, 5.74) is 3.26. The average Bonchev–Trinajstić information content (AvgIpc) is 2.43. The molecule has 2 heteroatoms. The van der Waals surface area contributed by atoms with Crippen LogP contribution in [0.4, 0.5) is 5.69 Å². The first kappa shape index (κ1) is 13.9. The molecule has 3 rings (SSSR count). The summed E-state index contributed by atoms with van der Waals surface area (Å²) in [5.74, 6) is 0.421. The first-order valence-corrected chi connectivity index (χ1v) is 8.06. The minimum atomic E-state index is -0.114. The largest absolute Gasteiger partial charge is 0.393 e. The van der Waals surface area contributed by atoms with Crippen LogP contribution in [-0.2, 0) is 6.42 Å². The van der Waals surface area contributed by atoms with Gasteiger partial charge in [0.1, 0.15) is 0 Å². The summed E-state index contributed by atoms with van der Waals surface area (Å²) < 4.78 is 0. The molecular weight excluding hydrogens is 246 g/mol. The van der Waals surface area contributed by atoms with E-state index in [1.54, 1.807) is 0 Å². The molecular formula is C18H27NO. The van der Waals surface area contributed by atoms with Crippen molar-refractivity contribution in [2.75, 3.05) is 18.0 Å². The molecule has 1 fully saturated rings. The highest BCUT2D eigenvalue weighted by Gasteiger charge is 2.35. The lowest BCUT2D eigenvalue weighted by atomic mass is 9.70. The summed E-state index contributed by atoms with van der Waals surface area (Å²) in [6.07, 6.45) is 5.59. The van der Waals surface area contributed by atoms with E-state index in [1.807, 2.05) is 0 Å². The Hall–Kier alpha value is -1.02. The number of hydrogen-bond acceptors (Lipinski definition) is 2. The van der Waals surface area contributed by atoms with Gasteiger partial charge in [-0.3, -0.25) is 0 Å². The van der Waals surface area contributed by atoms with Gasteiger partial charge in [-0.25, -0.2) is 0 Å². The molecule has 2 aliphatic rings. The van der Waals surface area contributed by atoms with Crippen molar-refractivity contribution in [2.24, 2.45) is 11.3 Å². The monoisotopic (exact) mass is 273 g/mol. The van der Waals surface area contributed by atoms with Crippen LogP contribution < -0.4 is 4.90 Å². The van der Waals surface area contributed by atoms with E-state index < -0.39 is 0 Å². The summed E-state index contributed by atoms with van der Waals surface area (Å²) >= 11 is 0. The maximum atomic E-state index is 10.4. The molecule has 1 N–H and O–H groups in total. The van der Waals surface area contributed by atoms with Crippen molar-refractivity contribution in [2.45, 2.75) is 52.1 Å². The molecule has 1 aliphatic heterocycles. The van der Waals surface area contributed by atoms with Gasteiger partial charge < -0.3 is 10.0 Å². The van der Waals surface area contributed by atoms with Gasteiger partial charge in [-0.05, 0) is 49.1 Å². The number of nitrogens with zero attached hydrogens (tertiary/aromatic N) is 1. The third-order valence-electron chi connectivity index (χ3n) is 5.14. The van der Waals surface area contributed by atoms with Gasteiger partial charge in [0, 0.05) is 24.7 Å². The van der Waals surface area contributed by atoms with E-state index in [9.17, 15) is 5.11 Å². The second kappa shape index (κ2) is 5.40. The fourth-order valence-electron chi connectivity index (χ4n) is 3.99. The fraction of sp³-hybridized carbons (Fsp3) is 0.667. The summed E-state index contributed by atoms with van der Waals surface area (Å²) in [6, 6.07) is 8.77. The van der Waals surface area contributed by atoms with E-state index in [0.29, 0.717) is 11.3 Å². The van der Waals surface area contributed by atoms with Crippen molar-refractivity contribution >= 4 is 5.69 Å². The first-order valence-electron chi connectivity index (χ1n) is 8.06. The Balaban J connectivity index is 1.75. The molecule has 0 saturated heterocycles. The molecule has 0 aromatic heterocycles. The van der Waals surface area contributed by atoms with E-state index in [1.165, 1.54) is 24.1 Å². The van der Waals surface area contributed by atoms with Crippen LogP contribution in [0, 0.1) is 11.3 Å².